The maximum Gasteiger partial charge on any atom is 0.319 e. The molecule has 6 aromatic rings. The number of nitrogens with one attached hydrogen (secondary N) is 4. The molecule has 0 aliphatic carbocycles. The third-order valence-electron chi connectivity index (χ3n) is 11.4. The van der Waals surface area contributed by atoms with Crippen LogP contribution in [0, 0.1) is 0 Å². The lowest BCUT2D eigenvalue weighted by Gasteiger charge is -2.32. The van der Waals surface area contributed by atoms with Gasteiger partial charge in [-0.25, -0.2) is 19.0 Å². The standard InChI is InChI=1S/2C23H31N7O3/c2*1-15(20(31)14-29(3)16(2)21(32)17-9-6-5-7-10-17)24-23(33)25-19-12-8-11-18(13-19)22-26-27-28-30(22)4/h2*5-13,15-16,20-21,31-32H,14H2,1-4H3,(H2,24,25,33)/t15-,16+,20+,21-;15-,16-,20+,21-/m11/s1. The lowest BCUT2D eigenvalue weighted by atomic mass is 10.0. The second-order valence-electron chi connectivity index (χ2n) is 16.4. The number of aryl methyl sites for hydroxylation is 2. The van der Waals surface area contributed by atoms with Gasteiger partial charge in [-0.05, 0) is 98.0 Å². The van der Waals surface area contributed by atoms with Gasteiger partial charge in [0, 0.05) is 61.8 Å². The average molecular weight is 907 g/mol. The van der Waals surface area contributed by atoms with Gasteiger partial charge >= 0.3 is 12.1 Å². The normalized spacial score (nSPS) is 15.0. The van der Waals surface area contributed by atoms with Crippen molar-refractivity contribution in [1.29, 1.82) is 0 Å². The summed E-state index contributed by atoms with van der Waals surface area (Å²) in [7, 11) is 7.14. The number of aliphatic hydroxyl groups is 4. The van der Waals surface area contributed by atoms with Crippen LogP contribution in [0.4, 0.5) is 21.0 Å². The van der Waals surface area contributed by atoms with Crippen LogP contribution in [0.2, 0.25) is 0 Å². The third-order valence-corrected chi connectivity index (χ3v) is 11.4. The number of amides is 4. The lowest BCUT2D eigenvalue weighted by molar-refractivity contribution is 0.0330. The zero-order valence-corrected chi connectivity index (χ0v) is 38.5. The van der Waals surface area contributed by atoms with Crippen LogP contribution >= 0.6 is 0 Å². The highest BCUT2D eigenvalue weighted by Gasteiger charge is 2.27. The Balaban J connectivity index is 0.000000247. The van der Waals surface area contributed by atoms with Crippen molar-refractivity contribution in [2.75, 3.05) is 37.8 Å². The summed E-state index contributed by atoms with van der Waals surface area (Å²) in [5.74, 6) is 1.16. The Bertz CT molecular complexity index is 2250. The van der Waals surface area contributed by atoms with E-state index in [1.165, 1.54) is 0 Å². The lowest BCUT2D eigenvalue weighted by Crippen LogP contribution is -2.49. The fraction of sp³-hybridized carbons (Fsp3) is 0.391. The number of carbonyl (C=O) groups is 2. The Kier molecular flexibility index (Phi) is 18.3. The minimum atomic E-state index is -0.831. The van der Waals surface area contributed by atoms with E-state index in [4.69, 9.17) is 0 Å². The first-order valence-corrected chi connectivity index (χ1v) is 21.6. The number of rotatable bonds is 18. The molecule has 2 aromatic heterocycles. The second kappa shape index (κ2) is 24.0. The molecule has 8 atom stereocenters. The van der Waals surface area contributed by atoms with Gasteiger partial charge < -0.3 is 41.7 Å². The van der Waals surface area contributed by atoms with Crippen LogP contribution < -0.4 is 21.3 Å². The highest BCUT2D eigenvalue weighted by molar-refractivity contribution is 5.90. The predicted molar refractivity (Wildman–Crippen MR) is 251 cm³/mol. The van der Waals surface area contributed by atoms with Crippen molar-refractivity contribution < 1.29 is 30.0 Å². The number of nitrogens with zero attached hydrogens (tertiary/aromatic N) is 10. The number of hydrogen-bond acceptors (Lipinski definition) is 14. The summed E-state index contributed by atoms with van der Waals surface area (Å²) in [4.78, 5) is 28.7. The quantitative estimate of drug-likeness (QED) is 0.0614. The van der Waals surface area contributed by atoms with Gasteiger partial charge in [0.05, 0.1) is 36.5 Å². The van der Waals surface area contributed by atoms with Crippen LogP contribution in [-0.2, 0) is 14.1 Å². The SMILES string of the molecule is C[C@@H](NC(=O)Nc1cccc(-c2nnnn2C)c1)[C@@H](O)CN(C)[C@@H](C)[C@@H](O)c1ccccc1.C[C@H]([C@@H](O)c1ccccc1)N(C)C[C@H](O)[C@@H](C)NC(=O)Nc1cccc(-c2nnnn2C)c1. The number of benzene rings is 4. The van der Waals surface area contributed by atoms with Gasteiger partial charge in [-0.3, -0.25) is 9.80 Å². The van der Waals surface area contributed by atoms with Crippen molar-refractivity contribution >= 4 is 23.4 Å². The van der Waals surface area contributed by atoms with Gasteiger partial charge in [0.1, 0.15) is 0 Å². The molecule has 0 spiro atoms. The van der Waals surface area contributed by atoms with Crippen molar-refractivity contribution in [3.63, 3.8) is 0 Å². The molecular formula is C46H62N14O6. The molecule has 20 nitrogen and oxygen atoms in total. The zero-order chi connectivity index (χ0) is 47.9. The largest absolute Gasteiger partial charge is 0.390 e. The first-order chi connectivity index (χ1) is 31.5. The summed E-state index contributed by atoms with van der Waals surface area (Å²) in [6.45, 7) is 7.82. The molecule has 4 aromatic carbocycles. The maximum atomic E-state index is 12.5. The Hall–Kier alpha value is -6.68. The topological polar surface area (TPSA) is 257 Å². The summed E-state index contributed by atoms with van der Waals surface area (Å²) in [6, 6.07) is 30.8. The molecule has 0 fully saturated rings. The van der Waals surface area contributed by atoms with Gasteiger partial charge in [0.15, 0.2) is 11.6 Å². The van der Waals surface area contributed by atoms with E-state index in [1.54, 1.807) is 73.7 Å². The molecule has 0 saturated carbocycles. The highest BCUT2D eigenvalue weighted by Crippen LogP contribution is 2.23. The van der Waals surface area contributed by atoms with Gasteiger partial charge in [0.2, 0.25) is 0 Å². The zero-order valence-electron chi connectivity index (χ0n) is 38.5. The Labute approximate surface area is 384 Å². The molecule has 0 bridgehead atoms. The third kappa shape index (κ3) is 14.2. The van der Waals surface area contributed by atoms with Crippen LogP contribution in [0.3, 0.4) is 0 Å². The van der Waals surface area contributed by atoms with Crippen LogP contribution in [0.25, 0.3) is 22.8 Å². The van der Waals surface area contributed by atoms with Gasteiger partial charge in [-0.1, -0.05) is 84.9 Å². The average Bonchev–Trinajstić information content (AvgIpc) is 3.96. The fourth-order valence-electron chi connectivity index (χ4n) is 6.94. The number of tetrazole rings is 2. The molecular weight excluding hydrogens is 845 g/mol. The molecule has 0 aliphatic heterocycles. The molecule has 2 heterocycles. The van der Waals surface area contributed by atoms with Crippen LogP contribution in [-0.4, -0.2) is 146 Å². The Morgan fingerprint density at radius 2 is 0.924 bits per heavy atom. The van der Waals surface area contributed by atoms with Crippen molar-refractivity contribution in [3.8, 4) is 22.8 Å². The number of hydrogen-bond donors (Lipinski definition) is 8. The van der Waals surface area contributed by atoms with E-state index in [0.29, 0.717) is 23.0 Å². The second-order valence-corrected chi connectivity index (χ2v) is 16.4. The van der Waals surface area contributed by atoms with E-state index in [-0.39, 0.29) is 25.2 Å². The van der Waals surface area contributed by atoms with Crippen LogP contribution in [0.5, 0.6) is 0 Å². The smallest absolute Gasteiger partial charge is 0.319 e. The van der Waals surface area contributed by atoms with E-state index in [0.717, 1.165) is 22.3 Å². The van der Waals surface area contributed by atoms with E-state index in [1.807, 2.05) is 111 Å². The van der Waals surface area contributed by atoms with Crippen molar-refractivity contribution in [2.45, 2.75) is 76.3 Å². The minimum absolute atomic E-state index is 0.221. The number of anilines is 2. The van der Waals surface area contributed by atoms with Gasteiger partial charge in [0.25, 0.3) is 0 Å². The molecule has 66 heavy (non-hydrogen) atoms. The Morgan fingerprint density at radius 1 is 0.561 bits per heavy atom. The van der Waals surface area contributed by atoms with E-state index in [2.05, 4.69) is 52.3 Å². The summed E-state index contributed by atoms with van der Waals surface area (Å²) in [5.41, 5.74) is 4.31. The van der Waals surface area contributed by atoms with Gasteiger partial charge in [-0.2, -0.15) is 0 Å². The van der Waals surface area contributed by atoms with Crippen molar-refractivity contribution in [3.05, 3.63) is 120 Å². The van der Waals surface area contributed by atoms with E-state index in [9.17, 15) is 30.0 Å². The molecule has 0 radical (unpaired) electrons. The maximum absolute atomic E-state index is 12.5. The highest BCUT2D eigenvalue weighted by atomic mass is 16.3. The summed E-state index contributed by atoms with van der Waals surface area (Å²) >= 11 is 0. The molecule has 0 saturated heterocycles. The first kappa shape index (κ1) is 50.3. The van der Waals surface area contributed by atoms with Crippen LogP contribution in [0.1, 0.15) is 51.0 Å². The van der Waals surface area contributed by atoms with E-state index >= 15 is 0 Å². The molecule has 6 rings (SSSR count). The number of likely N-dealkylation sites (N-methyl/N-ethyl adjacent to an activating group) is 2. The minimum Gasteiger partial charge on any atom is -0.390 e. The van der Waals surface area contributed by atoms with Crippen LogP contribution in [0.15, 0.2) is 109 Å². The van der Waals surface area contributed by atoms with E-state index < -0.39 is 48.6 Å². The molecule has 20 heteroatoms. The molecule has 8 N–H and O–H groups in total. The predicted octanol–water partition coefficient (Wildman–Crippen LogP) is 3.60. The summed E-state index contributed by atoms with van der Waals surface area (Å²) in [6.07, 6.45) is -3.04. The van der Waals surface area contributed by atoms with Crippen molar-refractivity contribution in [1.82, 2.24) is 60.8 Å². The number of urea groups is 2. The number of aromatic nitrogens is 8. The molecule has 4 amide bonds. The number of carbonyl (C=O) groups excluding carboxylic acids is 2. The fourth-order valence-corrected chi connectivity index (χ4v) is 6.94. The Morgan fingerprint density at radius 3 is 1.26 bits per heavy atom. The van der Waals surface area contributed by atoms with Gasteiger partial charge in [-0.15, -0.1) is 10.2 Å². The first-order valence-electron chi connectivity index (χ1n) is 21.6. The molecule has 352 valence electrons. The monoisotopic (exact) mass is 906 g/mol. The molecule has 0 unspecified atom stereocenters. The number of aliphatic hydroxyl groups excluding tert-OH is 4. The molecule has 0 aliphatic rings. The summed E-state index contributed by atoms with van der Waals surface area (Å²) < 4.78 is 3.09. The summed E-state index contributed by atoms with van der Waals surface area (Å²) in [5, 5.41) is 76.3. The van der Waals surface area contributed by atoms with Crippen molar-refractivity contribution in [2.24, 2.45) is 14.1 Å².